The van der Waals surface area contributed by atoms with Gasteiger partial charge in [-0.3, -0.25) is 0 Å². The minimum Gasteiger partial charge on any atom is -0.507 e. The summed E-state index contributed by atoms with van der Waals surface area (Å²) in [5.41, 5.74) is 0.859. The monoisotopic (exact) mass is 207 g/mol. The third-order valence-corrected chi connectivity index (χ3v) is 2.27. The molecule has 0 radical (unpaired) electrons. The number of ether oxygens (including phenoxy) is 1. The van der Waals surface area contributed by atoms with E-state index in [1.807, 2.05) is 19.1 Å². The Bertz CT molecular complexity index is 336. The third kappa shape index (κ3) is 2.99. The van der Waals surface area contributed by atoms with Crippen LogP contribution >= 0.6 is 0 Å². The SMILES string of the molecule is C=CCNC(C)c1ccc(OC)cc1O. The lowest BCUT2D eigenvalue weighted by molar-refractivity contribution is 0.404. The zero-order chi connectivity index (χ0) is 11.3. The molecule has 0 aromatic heterocycles. The molecule has 0 aliphatic heterocycles. The average Bonchev–Trinajstić information content (AvgIpc) is 2.25. The molecule has 0 saturated carbocycles. The molecular formula is C12H17NO2. The van der Waals surface area contributed by atoms with Crippen LogP contribution in [0.15, 0.2) is 30.9 Å². The van der Waals surface area contributed by atoms with Crippen molar-refractivity contribution in [3.05, 3.63) is 36.4 Å². The number of hydrogen-bond acceptors (Lipinski definition) is 3. The quantitative estimate of drug-likeness (QED) is 0.727. The van der Waals surface area contributed by atoms with E-state index in [4.69, 9.17) is 4.74 Å². The molecule has 2 N–H and O–H groups in total. The van der Waals surface area contributed by atoms with Gasteiger partial charge in [-0.15, -0.1) is 6.58 Å². The summed E-state index contributed by atoms with van der Waals surface area (Å²) in [6, 6.07) is 5.39. The Labute approximate surface area is 90.4 Å². The molecule has 0 fully saturated rings. The lowest BCUT2D eigenvalue weighted by Gasteiger charge is -2.14. The summed E-state index contributed by atoms with van der Waals surface area (Å²) in [5.74, 6) is 0.908. The van der Waals surface area contributed by atoms with E-state index < -0.39 is 0 Å². The molecule has 0 amide bonds. The molecule has 0 spiro atoms. The number of hydrogen-bond donors (Lipinski definition) is 2. The van der Waals surface area contributed by atoms with Gasteiger partial charge in [-0.1, -0.05) is 12.1 Å². The molecule has 3 heteroatoms. The third-order valence-electron chi connectivity index (χ3n) is 2.27. The van der Waals surface area contributed by atoms with Crippen molar-refractivity contribution < 1.29 is 9.84 Å². The number of phenolic OH excluding ortho intramolecular Hbond substituents is 1. The molecule has 15 heavy (non-hydrogen) atoms. The number of aromatic hydroxyl groups is 1. The zero-order valence-electron chi connectivity index (χ0n) is 9.16. The van der Waals surface area contributed by atoms with E-state index in [0.29, 0.717) is 12.3 Å². The molecule has 0 saturated heterocycles. The van der Waals surface area contributed by atoms with Gasteiger partial charge in [0.05, 0.1) is 7.11 Å². The zero-order valence-corrected chi connectivity index (χ0v) is 9.16. The number of nitrogens with one attached hydrogen (secondary N) is 1. The first-order valence-corrected chi connectivity index (χ1v) is 4.90. The van der Waals surface area contributed by atoms with E-state index in [1.165, 1.54) is 0 Å². The number of methoxy groups -OCH3 is 1. The van der Waals surface area contributed by atoms with Crippen LogP contribution in [0.5, 0.6) is 11.5 Å². The van der Waals surface area contributed by atoms with E-state index in [0.717, 1.165) is 5.56 Å². The Morgan fingerprint density at radius 1 is 1.60 bits per heavy atom. The molecule has 0 heterocycles. The smallest absolute Gasteiger partial charge is 0.124 e. The molecule has 1 unspecified atom stereocenters. The fourth-order valence-electron chi connectivity index (χ4n) is 1.39. The van der Waals surface area contributed by atoms with Gasteiger partial charge in [-0.25, -0.2) is 0 Å². The lowest BCUT2D eigenvalue weighted by atomic mass is 10.1. The van der Waals surface area contributed by atoms with E-state index in [9.17, 15) is 5.11 Å². The first-order valence-electron chi connectivity index (χ1n) is 4.90. The van der Waals surface area contributed by atoms with Crippen LogP contribution in [0.25, 0.3) is 0 Å². The van der Waals surface area contributed by atoms with Crippen LogP contribution in [0.2, 0.25) is 0 Å². The van der Waals surface area contributed by atoms with Crippen LogP contribution in [0.4, 0.5) is 0 Å². The van der Waals surface area contributed by atoms with Crippen LogP contribution in [0.3, 0.4) is 0 Å². The van der Waals surface area contributed by atoms with Gasteiger partial charge in [-0.05, 0) is 13.0 Å². The second-order valence-electron chi connectivity index (χ2n) is 3.34. The molecule has 0 aliphatic rings. The van der Waals surface area contributed by atoms with Gasteiger partial charge in [0.1, 0.15) is 11.5 Å². The summed E-state index contributed by atoms with van der Waals surface area (Å²) in [6.07, 6.45) is 1.79. The van der Waals surface area contributed by atoms with E-state index >= 15 is 0 Å². The molecule has 1 rings (SSSR count). The Kier molecular flexibility index (Phi) is 4.18. The topological polar surface area (TPSA) is 41.5 Å². The van der Waals surface area contributed by atoms with Crippen molar-refractivity contribution in [2.45, 2.75) is 13.0 Å². The van der Waals surface area contributed by atoms with Crippen LogP contribution in [-0.2, 0) is 0 Å². The second-order valence-corrected chi connectivity index (χ2v) is 3.34. The maximum Gasteiger partial charge on any atom is 0.124 e. The molecule has 0 bridgehead atoms. The maximum absolute atomic E-state index is 9.75. The predicted molar refractivity (Wildman–Crippen MR) is 61.3 cm³/mol. The molecule has 1 aromatic carbocycles. The van der Waals surface area contributed by atoms with Crippen LogP contribution < -0.4 is 10.1 Å². The van der Waals surface area contributed by atoms with Gasteiger partial charge in [0.25, 0.3) is 0 Å². The van der Waals surface area contributed by atoms with Gasteiger partial charge in [-0.2, -0.15) is 0 Å². The Morgan fingerprint density at radius 3 is 2.87 bits per heavy atom. The number of rotatable bonds is 5. The summed E-state index contributed by atoms with van der Waals surface area (Å²) in [5, 5.41) is 13.0. The van der Waals surface area contributed by atoms with Crippen molar-refractivity contribution in [3.63, 3.8) is 0 Å². The second kappa shape index (κ2) is 5.41. The largest absolute Gasteiger partial charge is 0.507 e. The minimum absolute atomic E-state index is 0.0916. The van der Waals surface area contributed by atoms with Crippen molar-refractivity contribution in [1.82, 2.24) is 5.32 Å². The standard InChI is InChI=1S/C12H17NO2/c1-4-7-13-9(2)11-6-5-10(15-3)8-12(11)14/h4-6,8-9,13-14H,1,7H2,2-3H3. The summed E-state index contributed by atoms with van der Waals surface area (Å²) in [4.78, 5) is 0. The van der Waals surface area contributed by atoms with Crippen LogP contribution in [0, 0.1) is 0 Å². The fraction of sp³-hybridized carbons (Fsp3) is 0.333. The summed E-state index contributed by atoms with van der Waals surface area (Å²) >= 11 is 0. The average molecular weight is 207 g/mol. The summed E-state index contributed by atoms with van der Waals surface area (Å²) in [7, 11) is 1.58. The highest BCUT2D eigenvalue weighted by Gasteiger charge is 2.09. The first kappa shape index (κ1) is 11.6. The van der Waals surface area contributed by atoms with E-state index in [-0.39, 0.29) is 11.8 Å². The highest BCUT2D eigenvalue weighted by molar-refractivity contribution is 5.41. The molecular weight excluding hydrogens is 190 g/mol. The predicted octanol–water partition coefficient (Wildman–Crippen LogP) is 2.24. The van der Waals surface area contributed by atoms with Crippen LogP contribution in [0.1, 0.15) is 18.5 Å². The molecule has 3 nitrogen and oxygen atoms in total. The van der Waals surface area contributed by atoms with Gasteiger partial charge in [0.2, 0.25) is 0 Å². The molecule has 1 atom stereocenters. The van der Waals surface area contributed by atoms with Gasteiger partial charge >= 0.3 is 0 Å². The highest BCUT2D eigenvalue weighted by atomic mass is 16.5. The molecule has 1 aromatic rings. The van der Waals surface area contributed by atoms with E-state index in [1.54, 1.807) is 19.3 Å². The van der Waals surface area contributed by atoms with Crippen molar-refractivity contribution in [2.24, 2.45) is 0 Å². The van der Waals surface area contributed by atoms with E-state index in [2.05, 4.69) is 11.9 Å². The normalized spacial score (nSPS) is 12.1. The van der Waals surface area contributed by atoms with Crippen molar-refractivity contribution in [2.75, 3.05) is 13.7 Å². The molecule has 82 valence electrons. The van der Waals surface area contributed by atoms with Crippen LogP contribution in [-0.4, -0.2) is 18.8 Å². The van der Waals surface area contributed by atoms with Gasteiger partial charge in [0, 0.05) is 24.2 Å². The Hall–Kier alpha value is -1.48. The number of phenols is 1. The Morgan fingerprint density at radius 2 is 2.33 bits per heavy atom. The summed E-state index contributed by atoms with van der Waals surface area (Å²) < 4.78 is 5.01. The summed E-state index contributed by atoms with van der Waals surface area (Å²) in [6.45, 7) is 6.34. The first-order chi connectivity index (χ1) is 7.19. The highest BCUT2D eigenvalue weighted by Crippen LogP contribution is 2.27. The fourth-order valence-corrected chi connectivity index (χ4v) is 1.39. The van der Waals surface area contributed by atoms with Crippen molar-refractivity contribution in [1.29, 1.82) is 0 Å². The van der Waals surface area contributed by atoms with Gasteiger partial charge in [0.15, 0.2) is 0 Å². The van der Waals surface area contributed by atoms with Gasteiger partial charge < -0.3 is 15.2 Å². The van der Waals surface area contributed by atoms with Crippen molar-refractivity contribution >= 4 is 0 Å². The molecule has 0 aliphatic carbocycles. The Balaban J connectivity index is 2.80. The maximum atomic E-state index is 9.75. The lowest BCUT2D eigenvalue weighted by Crippen LogP contribution is -2.18. The van der Waals surface area contributed by atoms with Crippen molar-refractivity contribution in [3.8, 4) is 11.5 Å². The number of benzene rings is 1. The minimum atomic E-state index is 0.0916.